The Kier molecular flexibility index (Phi) is 3.41. The van der Waals surface area contributed by atoms with Crippen molar-refractivity contribution in [2.24, 2.45) is 5.73 Å². The average Bonchev–Trinajstić information content (AvgIpc) is 2.25. The molecule has 1 aromatic carbocycles. The topological polar surface area (TPSA) is 26.0 Å². The van der Waals surface area contributed by atoms with Crippen molar-refractivity contribution in [2.75, 3.05) is 0 Å². The van der Waals surface area contributed by atoms with Crippen LogP contribution in [-0.4, -0.2) is 0 Å². The van der Waals surface area contributed by atoms with Gasteiger partial charge >= 0.3 is 0 Å². The SMILES string of the molecule is Cc1ccc(C)c(C2(N)CCCCC2)c1Br. The van der Waals surface area contributed by atoms with E-state index in [-0.39, 0.29) is 5.54 Å². The van der Waals surface area contributed by atoms with E-state index in [1.165, 1.54) is 40.4 Å². The molecule has 1 aromatic rings. The molecular weight excluding hydrogens is 262 g/mol. The van der Waals surface area contributed by atoms with Gasteiger partial charge in [-0.1, -0.05) is 47.3 Å². The van der Waals surface area contributed by atoms with Crippen molar-refractivity contribution in [2.45, 2.75) is 51.5 Å². The molecule has 1 fully saturated rings. The van der Waals surface area contributed by atoms with Crippen LogP contribution >= 0.6 is 15.9 Å². The molecule has 16 heavy (non-hydrogen) atoms. The van der Waals surface area contributed by atoms with Gasteiger partial charge in [0.2, 0.25) is 0 Å². The van der Waals surface area contributed by atoms with E-state index in [0.29, 0.717) is 0 Å². The van der Waals surface area contributed by atoms with Crippen molar-refractivity contribution >= 4 is 15.9 Å². The van der Waals surface area contributed by atoms with E-state index in [1.807, 2.05) is 0 Å². The molecule has 0 radical (unpaired) electrons. The number of aryl methyl sites for hydroxylation is 2. The Balaban J connectivity index is 2.49. The van der Waals surface area contributed by atoms with Gasteiger partial charge in [0.25, 0.3) is 0 Å². The highest BCUT2D eigenvalue weighted by molar-refractivity contribution is 9.10. The van der Waals surface area contributed by atoms with Gasteiger partial charge in [0.05, 0.1) is 0 Å². The molecule has 2 rings (SSSR count). The fourth-order valence-corrected chi connectivity index (χ4v) is 3.66. The van der Waals surface area contributed by atoms with Crippen LogP contribution in [0.4, 0.5) is 0 Å². The first-order valence-electron chi connectivity index (χ1n) is 6.10. The monoisotopic (exact) mass is 281 g/mol. The van der Waals surface area contributed by atoms with E-state index < -0.39 is 0 Å². The third-order valence-corrected chi connectivity index (χ3v) is 4.81. The van der Waals surface area contributed by atoms with E-state index >= 15 is 0 Å². The van der Waals surface area contributed by atoms with Gasteiger partial charge in [-0.3, -0.25) is 0 Å². The second-order valence-corrected chi connectivity index (χ2v) is 5.90. The Hall–Kier alpha value is -0.340. The minimum atomic E-state index is -0.104. The van der Waals surface area contributed by atoms with Gasteiger partial charge in [0.15, 0.2) is 0 Å². The molecule has 0 amide bonds. The van der Waals surface area contributed by atoms with Crippen LogP contribution < -0.4 is 5.73 Å². The van der Waals surface area contributed by atoms with Crippen LogP contribution in [0.15, 0.2) is 16.6 Å². The molecule has 0 heterocycles. The zero-order chi connectivity index (χ0) is 11.8. The molecule has 0 aliphatic heterocycles. The Morgan fingerprint density at radius 3 is 2.25 bits per heavy atom. The molecular formula is C14H20BrN. The molecule has 2 N–H and O–H groups in total. The van der Waals surface area contributed by atoms with Gasteiger partial charge in [-0.25, -0.2) is 0 Å². The predicted molar refractivity (Wildman–Crippen MR) is 72.6 cm³/mol. The zero-order valence-electron chi connectivity index (χ0n) is 10.1. The molecule has 1 nitrogen and oxygen atoms in total. The third-order valence-electron chi connectivity index (χ3n) is 3.79. The Morgan fingerprint density at radius 1 is 1.06 bits per heavy atom. The first-order chi connectivity index (χ1) is 7.54. The number of nitrogens with two attached hydrogens (primary N) is 1. The van der Waals surface area contributed by atoms with Crippen molar-refractivity contribution in [1.82, 2.24) is 0 Å². The van der Waals surface area contributed by atoms with Crippen LogP contribution in [-0.2, 0) is 5.54 Å². The maximum absolute atomic E-state index is 6.62. The Morgan fingerprint density at radius 2 is 1.62 bits per heavy atom. The molecule has 0 aromatic heterocycles. The second kappa shape index (κ2) is 4.50. The largest absolute Gasteiger partial charge is 0.321 e. The van der Waals surface area contributed by atoms with Crippen molar-refractivity contribution in [3.8, 4) is 0 Å². The lowest BCUT2D eigenvalue weighted by atomic mass is 9.75. The fourth-order valence-electron chi connectivity index (χ4n) is 2.82. The smallest absolute Gasteiger partial charge is 0.0423 e. The standard InChI is InChI=1S/C14H20BrN/c1-10-6-7-11(2)13(15)12(10)14(16)8-4-3-5-9-14/h6-7H,3-5,8-9,16H2,1-2H3. The molecule has 1 saturated carbocycles. The van der Waals surface area contributed by atoms with Crippen molar-refractivity contribution in [3.63, 3.8) is 0 Å². The van der Waals surface area contributed by atoms with Crippen LogP contribution in [0.25, 0.3) is 0 Å². The Labute approximate surface area is 107 Å². The lowest BCUT2D eigenvalue weighted by Crippen LogP contribution is -2.39. The summed E-state index contributed by atoms with van der Waals surface area (Å²) in [7, 11) is 0. The number of hydrogen-bond acceptors (Lipinski definition) is 1. The van der Waals surface area contributed by atoms with E-state index in [1.54, 1.807) is 0 Å². The fraction of sp³-hybridized carbons (Fsp3) is 0.571. The minimum Gasteiger partial charge on any atom is -0.321 e. The molecule has 0 unspecified atom stereocenters. The molecule has 2 heteroatoms. The molecule has 1 aliphatic carbocycles. The van der Waals surface area contributed by atoms with Gasteiger partial charge in [-0.2, -0.15) is 0 Å². The highest BCUT2D eigenvalue weighted by Crippen LogP contribution is 2.40. The zero-order valence-corrected chi connectivity index (χ0v) is 11.7. The van der Waals surface area contributed by atoms with Gasteiger partial charge < -0.3 is 5.73 Å². The van der Waals surface area contributed by atoms with E-state index in [0.717, 1.165) is 12.8 Å². The second-order valence-electron chi connectivity index (χ2n) is 5.11. The van der Waals surface area contributed by atoms with Crippen LogP contribution in [0.5, 0.6) is 0 Å². The summed E-state index contributed by atoms with van der Waals surface area (Å²) in [5, 5.41) is 0. The van der Waals surface area contributed by atoms with Crippen LogP contribution in [0.1, 0.15) is 48.8 Å². The summed E-state index contributed by atoms with van der Waals surface area (Å²) in [6.45, 7) is 4.31. The van der Waals surface area contributed by atoms with Crippen molar-refractivity contribution < 1.29 is 0 Å². The van der Waals surface area contributed by atoms with E-state index in [9.17, 15) is 0 Å². The average molecular weight is 282 g/mol. The maximum Gasteiger partial charge on any atom is 0.0423 e. The first kappa shape index (κ1) is 12.1. The predicted octanol–water partition coefficient (Wildman–Crippen LogP) is 4.18. The van der Waals surface area contributed by atoms with Crippen LogP contribution in [0.3, 0.4) is 0 Å². The maximum atomic E-state index is 6.62. The Bertz CT molecular complexity index is 392. The first-order valence-corrected chi connectivity index (χ1v) is 6.89. The number of benzene rings is 1. The molecule has 0 spiro atoms. The number of rotatable bonds is 1. The third kappa shape index (κ3) is 2.05. The van der Waals surface area contributed by atoms with Crippen LogP contribution in [0, 0.1) is 13.8 Å². The van der Waals surface area contributed by atoms with E-state index in [2.05, 4.69) is 41.9 Å². The van der Waals surface area contributed by atoms with Gasteiger partial charge in [0, 0.05) is 10.0 Å². The molecule has 0 atom stereocenters. The lowest BCUT2D eigenvalue weighted by Gasteiger charge is -2.36. The number of halogens is 1. The van der Waals surface area contributed by atoms with Gasteiger partial charge in [-0.15, -0.1) is 0 Å². The van der Waals surface area contributed by atoms with Crippen molar-refractivity contribution in [1.29, 1.82) is 0 Å². The van der Waals surface area contributed by atoms with E-state index in [4.69, 9.17) is 5.73 Å². The quantitative estimate of drug-likeness (QED) is 0.821. The molecule has 0 saturated heterocycles. The molecule has 0 bridgehead atoms. The number of hydrogen-bond donors (Lipinski definition) is 1. The molecule has 1 aliphatic rings. The minimum absolute atomic E-state index is 0.104. The van der Waals surface area contributed by atoms with Gasteiger partial charge in [0.1, 0.15) is 0 Å². The summed E-state index contributed by atoms with van der Waals surface area (Å²) in [5.74, 6) is 0. The van der Waals surface area contributed by atoms with Crippen molar-refractivity contribution in [3.05, 3.63) is 33.3 Å². The highest BCUT2D eigenvalue weighted by Gasteiger charge is 2.32. The molecule has 88 valence electrons. The summed E-state index contributed by atoms with van der Waals surface area (Å²) in [6, 6.07) is 4.35. The summed E-state index contributed by atoms with van der Waals surface area (Å²) >= 11 is 3.72. The normalized spacial score (nSPS) is 19.8. The summed E-state index contributed by atoms with van der Waals surface area (Å²) in [5.41, 5.74) is 10.5. The van der Waals surface area contributed by atoms with Crippen LogP contribution in [0.2, 0.25) is 0 Å². The summed E-state index contributed by atoms with van der Waals surface area (Å²) < 4.78 is 1.22. The summed E-state index contributed by atoms with van der Waals surface area (Å²) in [6.07, 6.45) is 6.10. The highest BCUT2D eigenvalue weighted by atomic mass is 79.9. The lowest BCUT2D eigenvalue weighted by molar-refractivity contribution is 0.300. The summed E-state index contributed by atoms with van der Waals surface area (Å²) in [4.78, 5) is 0. The van der Waals surface area contributed by atoms with Gasteiger partial charge in [-0.05, 0) is 43.4 Å².